The maximum Gasteiger partial charge on any atom is 0.225 e. The molecule has 1 aromatic rings. The minimum Gasteiger partial charge on any atom is -0.372 e. The molecule has 0 bridgehead atoms. The number of carbonyl (C=O) groups is 1. The van der Waals surface area contributed by atoms with E-state index in [1.807, 2.05) is 23.1 Å². The van der Waals surface area contributed by atoms with Gasteiger partial charge in [0.15, 0.2) is 0 Å². The Balaban J connectivity index is 1.46. The fourth-order valence-corrected chi connectivity index (χ4v) is 2.44. The Kier molecular flexibility index (Phi) is 3.33. The van der Waals surface area contributed by atoms with E-state index in [1.165, 1.54) is 5.56 Å². The molecule has 1 saturated heterocycles. The van der Waals surface area contributed by atoms with Crippen LogP contribution in [-0.4, -0.2) is 30.0 Å². The molecule has 1 amide bonds. The number of carbonyl (C=O) groups excluding carboxylic acids is 1. The van der Waals surface area contributed by atoms with Crippen molar-refractivity contribution in [2.24, 2.45) is 5.92 Å². The van der Waals surface area contributed by atoms with Crippen molar-refractivity contribution < 1.29 is 9.53 Å². The van der Waals surface area contributed by atoms with E-state index in [4.69, 9.17) is 4.74 Å². The Morgan fingerprint density at radius 2 is 2.00 bits per heavy atom. The van der Waals surface area contributed by atoms with Crippen molar-refractivity contribution >= 4 is 5.91 Å². The molecule has 1 aliphatic heterocycles. The Hall–Kier alpha value is -1.35. The minimum absolute atomic E-state index is 0.216. The molecule has 1 aliphatic carbocycles. The van der Waals surface area contributed by atoms with Crippen LogP contribution >= 0.6 is 0 Å². The number of amides is 1. The first-order chi connectivity index (χ1) is 8.83. The maximum atomic E-state index is 11.9. The first kappa shape index (κ1) is 11.7. The summed E-state index contributed by atoms with van der Waals surface area (Å²) in [7, 11) is 0. The van der Waals surface area contributed by atoms with Crippen molar-refractivity contribution in [3.8, 4) is 0 Å². The molecule has 96 valence electrons. The third kappa shape index (κ3) is 2.72. The number of nitrogens with zero attached hydrogens (tertiary/aromatic N) is 1. The zero-order valence-electron chi connectivity index (χ0n) is 10.5. The van der Waals surface area contributed by atoms with Crippen LogP contribution in [0.15, 0.2) is 30.3 Å². The van der Waals surface area contributed by atoms with Gasteiger partial charge in [0, 0.05) is 19.0 Å². The van der Waals surface area contributed by atoms with Gasteiger partial charge in [0.2, 0.25) is 5.91 Å². The van der Waals surface area contributed by atoms with Gasteiger partial charge >= 0.3 is 0 Å². The fraction of sp³-hybridized carbons (Fsp3) is 0.533. The van der Waals surface area contributed by atoms with Crippen LogP contribution in [0.3, 0.4) is 0 Å². The predicted octanol–water partition coefficient (Wildman–Crippen LogP) is 2.21. The quantitative estimate of drug-likeness (QED) is 0.814. The van der Waals surface area contributed by atoms with E-state index < -0.39 is 0 Å². The van der Waals surface area contributed by atoms with Gasteiger partial charge in [-0.15, -0.1) is 0 Å². The molecule has 1 atom stereocenters. The van der Waals surface area contributed by atoms with Crippen molar-refractivity contribution in [3.05, 3.63) is 35.9 Å². The molecule has 0 aromatic heterocycles. The second kappa shape index (κ2) is 5.11. The van der Waals surface area contributed by atoms with Crippen molar-refractivity contribution in [1.29, 1.82) is 0 Å². The summed E-state index contributed by atoms with van der Waals surface area (Å²) in [6, 6.07) is 10.2. The van der Waals surface area contributed by atoms with Crippen molar-refractivity contribution in [1.82, 2.24) is 4.90 Å². The third-order valence-electron chi connectivity index (χ3n) is 3.71. The molecule has 2 fully saturated rings. The lowest BCUT2D eigenvalue weighted by Gasteiger charge is -2.16. The van der Waals surface area contributed by atoms with Gasteiger partial charge < -0.3 is 9.64 Å². The first-order valence-electron chi connectivity index (χ1n) is 6.77. The number of rotatable bonds is 4. The van der Waals surface area contributed by atoms with Crippen LogP contribution in [0, 0.1) is 5.92 Å². The smallest absolute Gasteiger partial charge is 0.225 e. The Bertz CT molecular complexity index is 414. The number of likely N-dealkylation sites (tertiary alicyclic amines) is 1. The van der Waals surface area contributed by atoms with Gasteiger partial charge in [-0.05, 0) is 24.8 Å². The average molecular weight is 245 g/mol. The Morgan fingerprint density at radius 1 is 1.22 bits per heavy atom. The highest BCUT2D eigenvalue weighted by Crippen LogP contribution is 2.32. The zero-order chi connectivity index (χ0) is 12.4. The molecular formula is C15H19NO2. The molecule has 1 unspecified atom stereocenters. The van der Waals surface area contributed by atoms with Crippen molar-refractivity contribution in [2.75, 3.05) is 13.1 Å². The van der Waals surface area contributed by atoms with E-state index >= 15 is 0 Å². The van der Waals surface area contributed by atoms with Crippen molar-refractivity contribution in [2.45, 2.75) is 32.0 Å². The summed E-state index contributed by atoms with van der Waals surface area (Å²) in [5, 5.41) is 0. The second-order valence-electron chi connectivity index (χ2n) is 5.27. The summed E-state index contributed by atoms with van der Waals surface area (Å²) in [6.45, 7) is 2.30. The van der Waals surface area contributed by atoms with Crippen LogP contribution in [0.2, 0.25) is 0 Å². The van der Waals surface area contributed by atoms with E-state index in [0.717, 1.165) is 32.4 Å². The van der Waals surface area contributed by atoms with Crippen LogP contribution in [-0.2, 0) is 16.1 Å². The lowest BCUT2D eigenvalue weighted by Crippen LogP contribution is -2.31. The number of hydrogen-bond acceptors (Lipinski definition) is 2. The Morgan fingerprint density at radius 3 is 2.72 bits per heavy atom. The summed E-state index contributed by atoms with van der Waals surface area (Å²) in [4.78, 5) is 13.9. The van der Waals surface area contributed by atoms with E-state index in [0.29, 0.717) is 18.4 Å². The van der Waals surface area contributed by atoms with Gasteiger partial charge in [-0.1, -0.05) is 30.3 Å². The van der Waals surface area contributed by atoms with Crippen LogP contribution in [0.5, 0.6) is 0 Å². The van der Waals surface area contributed by atoms with Gasteiger partial charge in [0.05, 0.1) is 12.7 Å². The summed E-state index contributed by atoms with van der Waals surface area (Å²) in [5.41, 5.74) is 1.20. The van der Waals surface area contributed by atoms with Gasteiger partial charge in [-0.25, -0.2) is 0 Å². The number of ether oxygens (including phenoxy) is 1. The summed E-state index contributed by atoms with van der Waals surface area (Å²) < 4.78 is 5.88. The highest BCUT2D eigenvalue weighted by molar-refractivity contribution is 5.81. The monoisotopic (exact) mass is 245 g/mol. The summed E-state index contributed by atoms with van der Waals surface area (Å²) in [6.07, 6.45) is 3.37. The molecule has 0 radical (unpaired) electrons. The normalized spacial score (nSPS) is 23.3. The van der Waals surface area contributed by atoms with Crippen LogP contribution in [0.25, 0.3) is 0 Å². The summed E-state index contributed by atoms with van der Waals surface area (Å²) in [5.74, 6) is 0.679. The molecule has 3 nitrogen and oxygen atoms in total. The molecule has 1 saturated carbocycles. The van der Waals surface area contributed by atoms with Crippen LogP contribution in [0.4, 0.5) is 0 Å². The van der Waals surface area contributed by atoms with Crippen LogP contribution in [0.1, 0.15) is 24.8 Å². The molecule has 3 heteroatoms. The third-order valence-corrected chi connectivity index (χ3v) is 3.71. The molecule has 2 aliphatic rings. The van der Waals surface area contributed by atoms with Crippen molar-refractivity contribution in [3.63, 3.8) is 0 Å². The molecule has 1 aromatic carbocycles. The lowest BCUT2D eigenvalue weighted by molar-refractivity contribution is -0.132. The van der Waals surface area contributed by atoms with E-state index in [2.05, 4.69) is 12.1 Å². The van der Waals surface area contributed by atoms with E-state index in [1.54, 1.807) is 0 Å². The summed E-state index contributed by atoms with van der Waals surface area (Å²) >= 11 is 0. The average Bonchev–Trinajstić information content (AvgIpc) is 3.15. The van der Waals surface area contributed by atoms with Gasteiger partial charge in [0.1, 0.15) is 0 Å². The highest BCUT2D eigenvalue weighted by atomic mass is 16.5. The van der Waals surface area contributed by atoms with Crippen LogP contribution < -0.4 is 0 Å². The molecule has 1 heterocycles. The lowest BCUT2D eigenvalue weighted by atomic mass is 10.2. The molecule has 0 spiro atoms. The largest absolute Gasteiger partial charge is 0.372 e. The SMILES string of the molecule is O=C(C1CC1)N1CCC(OCc2ccccc2)C1. The zero-order valence-corrected chi connectivity index (χ0v) is 10.5. The van der Waals surface area contributed by atoms with E-state index in [-0.39, 0.29) is 6.10 Å². The number of benzene rings is 1. The second-order valence-corrected chi connectivity index (χ2v) is 5.27. The topological polar surface area (TPSA) is 29.5 Å². The van der Waals surface area contributed by atoms with Gasteiger partial charge in [0.25, 0.3) is 0 Å². The molecule has 0 N–H and O–H groups in total. The van der Waals surface area contributed by atoms with Gasteiger partial charge in [-0.3, -0.25) is 4.79 Å². The van der Waals surface area contributed by atoms with E-state index in [9.17, 15) is 4.79 Å². The predicted molar refractivity (Wildman–Crippen MR) is 68.9 cm³/mol. The molecular weight excluding hydrogens is 226 g/mol. The standard InChI is InChI=1S/C15H19NO2/c17-15(13-6-7-13)16-9-8-14(10-16)18-11-12-4-2-1-3-5-12/h1-5,13-14H,6-11H2. The molecule has 3 rings (SSSR count). The fourth-order valence-electron chi connectivity index (χ4n) is 2.44. The Labute approximate surface area is 108 Å². The minimum atomic E-state index is 0.216. The number of hydrogen-bond donors (Lipinski definition) is 0. The molecule has 18 heavy (non-hydrogen) atoms. The highest BCUT2D eigenvalue weighted by Gasteiger charge is 2.36. The van der Waals surface area contributed by atoms with Gasteiger partial charge in [-0.2, -0.15) is 0 Å². The maximum absolute atomic E-state index is 11.9. The first-order valence-corrected chi connectivity index (χ1v) is 6.77.